The van der Waals surface area contributed by atoms with Gasteiger partial charge in [0, 0.05) is 18.7 Å². The van der Waals surface area contributed by atoms with E-state index < -0.39 is 0 Å². The van der Waals surface area contributed by atoms with Crippen LogP contribution in [0.5, 0.6) is 0 Å². The molecular weight excluding hydrogens is 297 g/mol. The number of aliphatic imine (C=N–C) groups is 1. The molecule has 0 saturated carbocycles. The van der Waals surface area contributed by atoms with Crippen LogP contribution >= 0.6 is 23.5 Å². The zero-order chi connectivity index (χ0) is 13.9. The molecule has 0 fully saturated rings. The van der Waals surface area contributed by atoms with E-state index in [1.165, 1.54) is 35.7 Å². The molecule has 0 aliphatic carbocycles. The average molecular weight is 309 g/mol. The van der Waals surface area contributed by atoms with Crippen LogP contribution in [0, 0.1) is 5.82 Å². The van der Waals surface area contributed by atoms with Crippen molar-refractivity contribution in [3.05, 3.63) is 35.6 Å². The summed E-state index contributed by atoms with van der Waals surface area (Å²) < 4.78 is 13.9. The second-order valence-corrected chi connectivity index (χ2v) is 6.58. The van der Waals surface area contributed by atoms with E-state index in [9.17, 15) is 9.18 Å². The highest BCUT2D eigenvalue weighted by Crippen LogP contribution is 2.31. The average Bonchev–Trinajstić information content (AvgIpc) is 2.70. The molecule has 2 heterocycles. The van der Waals surface area contributed by atoms with E-state index in [1.54, 1.807) is 11.1 Å². The minimum atomic E-state index is -0.229. The first-order valence-corrected chi connectivity index (χ1v) is 8.04. The van der Waals surface area contributed by atoms with Gasteiger partial charge in [-0.05, 0) is 35.9 Å². The fourth-order valence-corrected chi connectivity index (χ4v) is 3.83. The zero-order valence-corrected chi connectivity index (χ0v) is 12.2. The molecule has 1 aromatic rings. The number of carbonyl (C=O) groups excluding carboxylic acids is 1. The van der Waals surface area contributed by atoms with Gasteiger partial charge in [-0.25, -0.2) is 9.40 Å². The predicted molar refractivity (Wildman–Crippen MR) is 81.1 cm³/mol. The number of amides is 1. The van der Waals surface area contributed by atoms with Crippen molar-refractivity contribution in [1.82, 2.24) is 5.01 Å². The molecule has 0 aromatic heterocycles. The highest BCUT2D eigenvalue weighted by molar-refractivity contribution is 8.45. The van der Waals surface area contributed by atoms with Gasteiger partial charge in [0.25, 0.3) is 0 Å². The molecule has 4 nitrogen and oxygen atoms in total. The van der Waals surface area contributed by atoms with Crippen LogP contribution in [0.2, 0.25) is 0 Å². The van der Waals surface area contributed by atoms with Crippen LogP contribution in [-0.4, -0.2) is 27.0 Å². The van der Waals surface area contributed by atoms with Crippen molar-refractivity contribution in [3.63, 3.8) is 0 Å². The molecule has 1 aromatic carbocycles. The number of nitrogens with zero attached hydrogens (tertiary/aromatic N) is 3. The lowest BCUT2D eigenvalue weighted by atomic mass is 10.2. The van der Waals surface area contributed by atoms with E-state index in [4.69, 9.17) is 0 Å². The molecule has 0 unspecified atom stereocenters. The first-order valence-electron chi connectivity index (χ1n) is 6.23. The quantitative estimate of drug-likeness (QED) is 0.842. The molecule has 0 bridgehead atoms. The topological polar surface area (TPSA) is 45.0 Å². The maximum atomic E-state index is 13.1. The maximum absolute atomic E-state index is 13.1. The molecule has 0 atom stereocenters. The van der Waals surface area contributed by atoms with E-state index >= 15 is 0 Å². The number of hydrogen-bond acceptors (Lipinski definition) is 5. The molecule has 1 amide bonds. The van der Waals surface area contributed by atoms with Gasteiger partial charge in [-0.3, -0.25) is 4.79 Å². The van der Waals surface area contributed by atoms with Gasteiger partial charge < -0.3 is 0 Å². The van der Waals surface area contributed by atoms with Crippen LogP contribution in [0.1, 0.15) is 18.4 Å². The van der Waals surface area contributed by atoms with Gasteiger partial charge >= 0.3 is 0 Å². The molecular formula is C13H12FN3OS2. The lowest BCUT2D eigenvalue weighted by molar-refractivity contribution is -0.117. The number of benzene rings is 1. The van der Waals surface area contributed by atoms with Gasteiger partial charge in [0.2, 0.25) is 5.91 Å². The third-order valence-electron chi connectivity index (χ3n) is 2.83. The molecule has 3 rings (SSSR count). The van der Waals surface area contributed by atoms with Gasteiger partial charge in [-0.15, -0.1) is 0 Å². The van der Waals surface area contributed by atoms with Crippen molar-refractivity contribution in [2.75, 3.05) is 6.54 Å². The van der Waals surface area contributed by atoms with E-state index in [0.29, 0.717) is 17.3 Å². The lowest BCUT2D eigenvalue weighted by Gasteiger charge is -2.08. The molecule has 7 heteroatoms. The summed E-state index contributed by atoms with van der Waals surface area (Å²) in [5, 5.41) is 6.88. The van der Waals surface area contributed by atoms with Crippen molar-refractivity contribution >= 4 is 39.0 Å². The Bertz CT molecular complexity index is 603. The minimum Gasteiger partial charge on any atom is -0.273 e. The summed E-state index contributed by atoms with van der Waals surface area (Å²) in [6.07, 6.45) is 1.26. The van der Waals surface area contributed by atoms with E-state index in [2.05, 4.69) is 10.1 Å². The van der Waals surface area contributed by atoms with E-state index in [1.807, 2.05) is 6.07 Å². The second-order valence-electron chi connectivity index (χ2n) is 4.40. The Morgan fingerprint density at radius 3 is 3.20 bits per heavy atom. The Labute approximate surface area is 124 Å². The van der Waals surface area contributed by atoms with Gasteiger partial charge in [0.1, 0.15) is 5.82 Å². The number of halogens is 1. The number of hydrazone groups is 1. The van der Waals surface area contributed by atoms with Gasteiger partial charge in [0.15, 0.2) is 9.54 Å². The highest BCUT2D eigenvalue weighted by Gasteiger charge is 2.26. The lowest BCUT2D eigenvalue weighted by Crippen LogP contribution is -2.18. The third kappa shape index (κ3) is 3.21. The first-order chi connectivity index (χ1) is 9.70. The van der Waals surface area contributed by atoms with Crippen LogP contribution in [-0.2, 0) is 10.5 Å². The summed E-state index contributed by atoms with van der Waals surface area (Å²) in [5.41, 5.74) is 0.915. The molecule has 0 spiro atoms. The largest absolute Gasteiger partial charge is 0.273 e. The number of hydrogen-bond donors (Lipinski definition) is 0. The van der Waals surface area contributed by atoms with Crippen molar-refractivity contribution in [2.45, 2.75) is 18.6 Å². The summed E-state index contributed by atoms with van der Waals surface area (Å²) in [7, 11) is 0. The Morgan fingerprint density at radius 1 is 1.45 bits per heavy atom. The van der Waals surface area contributed by atoms with Crippen LogP contribution in [0.15, 0.2) is 34.4 Å². The van der Waals surface area contributed by atoms with Crippen LogP contribution in [0.4, 0.5) is 4.39 Å². The van der Waals surface area contributed by atoms with Crippen LogP contribution in [0.25, 0.3) is 0 Å². The van der Waals surface area contributed by atoms with Gasteiger partial charge in [-0.2, -0.15) is 10.1 Å². The monoisotopic (exact) mass is 309 g/mol. The fourth-order valence-electron chi connectivity index (χ4n) is 1.89. The molecule has 20 heavy (non-hydrogen) atoms. The predicted octanol–water partition coefficient (Wildman–Crippen LogP) is 3.06. The summed E-state index contributed by atoms with van der Waals surface area (Å²) in [6.45, 7) is 0.724. The van der Waals surface area contributed by atoms with E-state index in [-0.39, 0.29) is 11.7 Å². The number of thioether (sulfide) groups is 2. The van der Waals surface area contributed by atoms with Gasteiger partial charge in [-0.1, -0.05) is 23.9 Å². The number of carbonyl (C=O) groups is 1. The number of fused-ring (bicyclic) bond motifs is 1. The SMILES string of the molecule is O=C1CCCN2N=C(SCc3cccc(F)c3)SC2=N1. The summed E-state index contributed by atoms with van der Waals surface area (Å²) in [4.78, 5) is 15.5. The van der Waals surface area contributed by atoms with Crippen LogP contribution in [0.3, 0.4) is 0 Å². The van der Waals surface area contributed by atoms with Crippen molar-refractivity contribution < 1.29 is 9.18 Å². The molecule has 2 aliphatic heterocycles. The van der Waals surface area contributed by atoms with Gasteiger partial charge in [0.05, 0.1) is 0 Å². The van der Waals surface area contributed by atoms with Crippen molar-refractivity contribution in [1.29, 1.82) is 0 Å². The first kappa shape index (κ1) is 13.6. The van der Waals surface area contributed by atoms with Crippen molar-refractivity contribution in [3.8, 4) is 0 Å². The highest BCUT2D eigenvalue weighted by atomic mass is 32.2. The minimum absolute atomic E-state index is 0.0819. The number of amidine groups is 1. The second kappa shape index (κ2) is 5.97. The summed E-state index contributed by atoms with van der Waals surface area (Å²) in [5.74, 6) is 0.341. The standard InChI is InChI=1S/C13H12FN3OS2/c14-10-4-1-3-9(7-10)8-19-13-16-17-6-2-5-11(18)15-12(17)20-13/h1,3-4,7H,2,5-6,8H2. The third-order valence-corrected chi connectivity index (χ3v) is 4.98. The fraction of sp³-hybridized carbons (Fsp3) is 0.308. The molecule has 2 aliphatic rings. The van der Waals surface area contributed by atoms with E-state index in [0.717, 1.165) is 22.9 Å². The molecule has 0 radical (unpaired) electrons. The normalized spacial score (nSPS) is 18.4. The summed E-state index contributed by atoms with van der Waals surface area (Å²) in [6, 6.07) is 6.54. The molecule has 0 N–H and O–H groups in total. The zero-order valence-electron chi connectivity index (χ0n) is 10.6. The number of rotatable bonds is 2. The molecule has 104 valence electrons. The Hall–Kier alpha value is -1.34. The van der Waals surface area contributed by atoms with Crippen molar-refractivity contribution in [2.24, 2.45) is 10.1 Å². The maximum Gasteiger partial charge on any atom is 0.248 e. The Balaban J connectivity index is 1.64. The Kier molecular flexibility index (Phi) is 4.07. The summed E-state index contributed by atoms with van der Waals surface area (Å²) >= 11 is 2.94. The smallest absolute Gasteiger partial charge is 0.248 e. The van der Waals surface area contributed by atoms with Crippen LogP contribution < -0.4 is 0 Å². The Morgan fingerprint density at radius 2 is 2.35 bits per heavy atom. The molecule has 0 saturated heterocycles.